The average Bonchev–Trinajstić information content (AvgIpc) is 2.94. The molecular formula is C18H22ClN7O8S2. The molecule has 3 amide bonds. The fourth-order valence-electron chi connectivity index (χ4n) is 3.03. The van der Waals surface area contributed by atoms with E-state index in [2.05, 4.69) is 35.1 Å². The maximum absolute atomic E-state index is 12.3. The number of carbonyl (C=O) groups is 2. The van der Waals surface area contributed by atoms with Gasteiger partial charge in [0.25, 0.3) is 5.91 Å². The molecule has 0 saturated carbocycles. The second-order valence-electron chi connectivity index (χ2n) is 7.91. The highest BCUT2D eigenvalue weighted by atomic mass is 35.5. The fraction of sp³-hybridized carbons (Fsp3) is 0.389. The first-order chi connectivity index (χ1) is 16.7. The van der Waals surface area contributed by atoms with Crippen molar-refractivity contribution in [2.24, 2.45) is 0 Å². The van der Waals surface area contributed by atoms with Crippen LogP contribution in [-0.4, -0.2) is 84.2 Å². The number of imide groups is 1. The van der Waals surface area contributed by atoms with Crippen molar-refractivity contribution < 1.29 is 35.2 Å². The minimum absolute atomic E-state index is 0.0331. The quantitative estimate of drug-likeness (QED) is 0.218. The Kier molecular flexibility index (Phi) is 7.99. The number of halogens is 1. The summed E-state index contributed by atoms with van der Waals surface area (Å²) in [6.45, 7) is 2.66. The molecule has 0 aliphatic carbocycles. The number of nitrogens with one attached hydrogen (secondary N) is 3. The van der Waals surface area contributed by atoms with E-state index in [-0.39, 0.29) is 41.1 Å². The molecule has 196 valence electrons. The zero-order valence-electron chi connectivity index (χ0n) is 18.9. The Hall–Kier alpha value is -3.12. The van der Waals surface area contributed by atoms with Crippen molar-refractivity contribution in [3.05, 3.63) is 29.5 Å². The Morgan fingerprint density at radius 2 is 1.72 bits per heavy atom. The molecule has 1 aliphatic heterocycles. The zero-order chi connectivity index (χ0) is 26.7. The number of carbonyl (C=O) groups excluding carboxylic acids is 2. The Bertz CT molecular complexity index is 1370. The Balaban J connectivity index is 1.60. The van der Waals surface area contributed by atoms with Crippen molar-refractivity contribution in [3.8, 4) is 0 Å². The van der Waals surface area contributed by atoms with Gasteiger partial charge in [-0.15, -0.1) is 0 Å². The van der Waals surface area contributed by atoms with Gasteiger partial charge in [0.1, 0.15) is 5.54 Å². The number of anilines is 3. The molecule has 2 aromatic rings. The summed E-state index contributed by atoms with van der Waals surface area (Å²) in [5.41, 5.74) is -0.578. The highest BCUT2D eigenvalue weighted by Gasteiger charge is 2.43. The van der Waals surface area contributed by atoms with Crippen LogP contribution in [0.5, 0.6) is 0 Å². The Morgan fingerprint density at radius 1 is 1.08 bits per heavy atom. The van der Waals surface area contributed by atoms with E-state index in [1.807, 2.05) is 0 Å². The molecule has 2 heterocycles. The van der Waals surface area contributed by atoms with E-state index >= 15 is 0 Å². The normalized spacial score (nSPS) is 15.6. The van der Waals surface area contributed by atoms with Gasteiger partial charge in [-0.2, -0.15) is 23.4 Å². The van der Waals surface area contributed by atoms with E-state index in [9.17, 15) is 26.4 Å². The van der Waals surface area contributed by atoms with Crippen LogP contribution in [0.2, 0.25) is 5.28 Å². The predicted molar refractivity (Wildman–Crippen MR) is 127 cm³/mol. The molecule has 4 N–H and O–H groups in total. The number of hydrogen-bond acceptors (Lipinski definition) is 12. The number of nitrogens with zero attached hydrogens (tertiary/aromatic N) is 4. The van der Waals surface area contributed by atoms with E-state index in [1.54, 1.807) is 13.8 Å². The summed E-state index contributed by atoms with van der Waals surface area (Å²) in [4.78, 5) is 37.2. The van der Waals surface area contributed by atoms with Gasteiger partial charge in [-0.3, -0.25) is 14.2 Å². The fourth-order valence-corrected chi connectivity index (χ4v) is 4.68. The van der Waals surface area contributed by atoms with Crippen LogP contribution in [0.1, 0.15) is 13.8 Å². The van der Waals surface area contributed by atoms with E-state index in [1.165, 1.54) is 24.3 Å². The van der Waals surface area contributed by atoms with Crippen LogP contribution in [0, 0.1) is 0 Å². The molecule has 1 fully saturated rings. The third kappa shape index (κ3) is 7.20. The van der Waals surface area contributed by atoms with Crippen LogP contribution in [0.4, 0.5) is 22.4 Å². The number of urea groups is 1. The van der Waals surface area contributed by atoms with Gasteiger partial charge in [0.15, 0.2) is 9.84 Å². The highest BCUT2D eigenvalue weighted by Crippen LogP contribution is 2.20. The van der Waals surface area contributed by atoms with Gasteiger partial charge in [-0.05, 0) is 49.7 Å². The predicted octanol–water partition coefficient (Wildman–Crippen LogP) is 0.604. The first-order valence-corrected chi connectivity index (χ1v) is 13.6. The molecule has 0 unspecified atom stereocenters. The van der Waals surface area contributed by atoms with Crippen LogP contribution in [0.3, 0.4) is 0 Å². The standard InChI is InChI=1S/C18H22ClN7O8S2/c1-18(2)13(27)26(17(28)25-18)8-7-20-15-22-14(19)23-16(24-15)21-11-3-5-12(6-4-11)35(29,30)10-9-34-36(31,32)33/h3-6H,7-10H2,1-2H3,(H,25,28)(H,31,32,33)(H2,20,21,22,23,24). The lowest BCUT2D eigenvalue weighted by atomic mass is 10.1. The van der Waals surface area contributed by atoms with Gasteiger partial charge in [-0.1, -0.05) is 0 Å². The third-order valence-corrected chi connectivity index (χ3v) is 7.05. The van der Waals surface area contributed by atoms with E-state index in [0.29, 0.717) is 5.69 Å². The Labute approximate surface area is 211 Å². The largest absolute Gasteiger partial charge is 0.397 e. The monoisotopic (exact) mass is 563 g/mol. The molecule has 36 heavy (non-hydrogen) atoms. The maximum atomic E-state index is 12.3. The SMILES string of the molecule is CC1(C)NC(=O)N(CCNc2nc(Cl)nc(Nc3ccc(S(=O)(=O)CCOS(=O)(=O)O)cc3)n2)C1=O. The summed E-state index contributed by atoms with van der Waals surface area (Å²) in [6, 6.07) is 4.87. The van der Waals surface area contributed by atoms with Crippen LogP contribution < -0.4 is 16.0 Å². The van der Waals surface area contributed by atoms with Gasteiger partial charge >= 0.3 is 16.4 Å². The molecule has 0 atom stereocenters. The molecule has 0 bridgehead atoms. The smallest absolute Gasteiger partial charge is 0.352 e. The second-order valence-corrected chi connectivity index (χ2v) is 11.4. The average molecular weight is 564 g/mol. The zero-order valence-corrected chi connectivity index (χ0v) is 21.3. The van der Waals surface area contributed by atoms with Gasteiger partial charge in [0, 0.05) is 18.8 Å². The summed E-state index contributed by atoms with van der Waals surface area (Å²) in [5, 5.41) is 8.12. The van der Waals surface area contributed by atoms with Crippen molar-refractivity contribution >= 4 is 61.4 Å². The number of aromatic nitrogens is 3. The topological polar surface area (TPSA) is 210 Å². The first-order valence-electron chi connectivity index (χ1n) is 10.2. The summed E-state index contributed by atoms with van der Waals surface area (Å²) >= 11 is 5.95. The van der Waals surface area contributed by atoms with Crippen LogP contribution in [0.25, 0.3) is 0 Å². The van der Waals surface area contributed by atoms with Crippen molar-refractivity contribution in [1.82, 2.24) is 25.2 Å². The lowest BCUT2D eigenvalue weighted by Crippen LogP contribution is -2.40. The highest BCUT2D eigenvalue weighted by molar-refractivity contribution is 7.91. The van der Waals surface area contributed by atoms with E-state index < -0.39 is 44.2 Å². The van der Waals surface area contributed by atoms with Crippen LogP contribution in [0.15, 0.2) is 29.2 Å². The van der Waals surface area contributed by atoms with Crippen LogP contribution in [-0.2, 0) is 29.2 Å². The summed E-state index contributed by atoms with van der Waals surface area (Å²) in [5.74, 6) is -0.922. The molecule has 15 nitrogen and oxygen atoms in total. The number of hydrogen-bond donors (Lipinski definition) is 4. The molecule has 3 rings (SSSR count). The minimum atomic E-state index is -4.74. The van der Waals surface area contributed by atoms with Crippen molar-refractivity contribution in [2.45, 2.75) is 24.3 Å². The summed E-state index contributed by atoms with van der Waals surface area (Å²) in [6.07, 6.45) is 0. The molecular weight excluding hydrogens is 542 g/mol. The molecule has 0 radical (unpaired) electrons. The lowest BCUT2D eigenvalue weighted by Gasteiger charge is -2.16. The first kappa shape index (κ1) is 27.5. The van der Waals surface area contributed by atoms with Crippen LogP contribution >= 0.6 is 11.6 Å². The maximum Gasteiger partial charge on any atom is 0.397 e. The lowest BCUT2D eigenvalue weighted by molar-refractivity contribution is -0.130. The Morgan fingerprint density at radius 3 is 2.31 bits per heavy atom. The molecule has 1 saturated heterocycles. The van der Waals surface area contributed by atoms with E-state index in [4.69, 9.17) is 16.2 Å². The van der Waals surface area contributed by atoms with Gasteiger partial charge in [0.05, 0.1) is 17.3 Å². The number of amides is 3. The summed E-state index contributed by atoms with van der Waals surface area (Å²) in [7, 11) is -8.62. The molecule has 1 aromatic heterocycles. The molecule has 0 spiro atoms. The molecule has 1 aromatic carbocycles. The van der Waals surface area contributed by atoms with Gasteiger partial charge in [-0.25, -0.2) is 17.4 Å². The number of benzene rings is 1. The number of rotatable bonds is 11. The molecule has 1 aliphatic rings. The third-order valence-electron chi connectivity index (χ3n) is 4.72. The van der Waals surface area contributed by atoms with Crippen molar-refractivity contribution in [2.75, 3.05) is 36.1 Å². The van der Waals surface area contributed by atoms with E-state index in [0.717, 1.165) is 4.90 Å². The second kappa shape index (κ2) is 10.5. The molecule has 18 heteroatoms. The van der Waals surface area contributed by atoms with Gasteiger partial charge in [0.2, 0.25) is 17.2 Å². The number of sulfone groups is 1. The van der Waals surface area contributed by atoms with Crippen molar-refractivity contribution in [3.63, 3.8) is 0 Å². The van der Waals surface area contributed by atoms with Gasteiger partial charge < -0.3 is 16.0 Å². The minimum Gasteiger partial charge on any atom is -0.352 e. The summed E-state index contributed by atoms with van der Waals surface area (Å²) < 4.78 is 58.2. The van der Waals surface area contributed by atoms with Crippen molar-refractivity contribution in [1.29, 1.82) is 0 Å².